The average Bonchev–Trinajstić information content (AvgIpc) is 3.06. The van der Waals surface area contributed by atoms with E-state index in [1.165, 1.54) is 6.26 Å². The summed E-state index contributed by atoms with van der Waals surface area (Å²) in [6, 6.07) is 2.40. The van der Waals surface area contributed by atoms with Crippen molar-refractivity contribution in [1.29, 1.82) is 0 Å². The zero-order valence-corrected chi connectivity index (χ0v) is 11.7. The highest BCUT2D eigenvalue weighted by atomic mass is 32.1. The van der Waals surface area contributed by atoms with Crippen LogP contribution >= 0.6 is 11.3 Å². The fraction of sp³-hybridized carbons (Fsp3) is 0.364. The molecule has 120 valence electrons. The van der Waals surface area contributed by atoms with E-state index < -0.39 is 24.7 Å². The van der Waals surface area contributed by atoms with Gasteiger partial charge in [-0.2, -0.15) is 13.2 Å². The summed E-state index contributed by atoms with van der Waals surface area (Å²) in [6.45, 7) is -0.131. The molecule has 0 saturated carbocycles. The molecule has 1 unspecified atom stereocenters. The van der Waals surface area contributed by atoms with Crippen LogP contribution in [0, 0.1) is 0 Å². The molecule has 0 bridgehead atoms. The predicted octanol–water partition coefficient (Wildman–Crippen LogP) is 2.09. The molecule has 0 saturated heterocycles. The van der Waals surface area contributed by atoms with Gasteiger partial charge in [-0.15, -0.1) is 10.2 Å². The molecule has 2 rings (SSSR count). The molecule has 0 fully saturated rings. The van der Waals surface area contributed by atoms with Gasteiger partial charge < -0.3 is 14.8 Å². The Labute approximate surface area is 126 Å². The number of anilines is 1. The Morgan fingerprint density at radius 1 is 1.45 bits per heavy atom. The first kappa shape index (κ1) is 16.2. The van der Waals surface area contributed by atoms with Crippen molar-refractivity contribution in [2.24, 2.45) is 0 Å². The third kappa shape index (κ3) is 5.00. The van der Waals surface area contributed by atoms with Crippen molar-refractivity contribution < 1.29 is 27.5 Å². The van der Waals surface area contributed by atoms with Crippen LogP contribution in [0.4, 0.5) is 23.1 Å². The summed E-state index contributed by atoms with van der Waals surface area (Å²) in [5.74, 6) is 0.281. The molecular weight excluding hydrogens is 325 g/mol. The lowest BCUT2D eigenvalue weighted by Crippen LogP contribution is -2.32. The molecule has 0 aliphatic carbocycles. The van der Waals surface area contributed by atoms with Crippen molar-refractivity contribution >= 4 is 22.5 Å². The summed E-state index contributed by atoms with van der Waals surface area (Å²) in [5.41, 5.74) is 0. The zero-order valence-electron chi connectivity index (χ0n) is 10.9. The highest BCUT2D eigenvalue weighted by molar-refractivity contribution is 7.15. The van der Waals surface area contributed by atoms with E-state index >= 15 is 0 Å². The largest absolute Gasteiger partial charge is 0.467 e. The third-order valence-corrected chi connectivity index (χ3v) is 3.21. The minimum atomic E-state index is -4.38. The van der Waals surface area contributed by atoms with E-state index in [2.05, 4.69) is 20.8 Å². The molecule has 0 aliphatic heterocycles. The van der Waals surface area contributed by atoms with Crippen LogP contribution in [0.15, 0.2) is 22.8 Å². The summed E-state index contributed by atoms with van der Waals surface area (Å²) < 4.78 is 41.4. The maximum atomic E-state index is 12.2. The number of alkyl halides is 3. The smallest absolute Gasteiger partial charge is 0.395 e. The maximum absolute atomic E-state index is 12.2. The number of carbonyl (C=O) groups is 1. The quantitative estimate of drug-likeness (QED) is 0.776. The number of aliphatic hydroxyl groups is 1. The van der Waals surface area contributed by atoms with Crippen LogP contribution in [0.25, 0.3) is 0 Å². The molecule has 11 heteroatoms. The van der Waals surface area contributed by atoms with Crippen LogP contribution in [0.3, 0.4) is 0 Å². The molecule has 2 aromatic rings. The number of urea groups is 1. The lowest BCUT2D eigenvalue weighted by Gasteiger charge is -2.09. The van der Waals surface area contributed by atoms with E-state index in [-0.39, 0.29) is 22.4 Å². The standard InChI is InChI=1S/C11H11F3N4O3S/c12-11(13,14)4-8-17-18-10(22-8)16-9(20)15-5-6(19)7-2-1-3-21-7/h1-3,6,19H,4-5H2,(H2,15,16,18,20). The van der Waals surface area contributed by atoms with Crippen molar-refractivity contribution in [2.45, 2.75) is 18.7 Å². The van der Waals surface area contributed by atoms with Gasteiger partial charge >= 0.3 is 12.2 Å². The topological polar surface area (TPSA) is 100 Å². The van der Waals surface area contributed by atoms with Crippen molar-refractivity contribution in [3.05, 3.63) is 29.2 Å². The Kier molecular flexibility index (Phi) is 4.98. The maximum Gasteiger partial charge on any atom is 0.395 e. The summed E-state index contributed by atoms with van der Waals surface area (Å²) in [7, 11) is 0. The number of nitrogens with one attached hydrogen (secondary N) is 2. The van der Waals surface area contributed by atoms with Crippen molar-refractivity contribution in [1.82, 2.24) is 15.5 Å². The second-order valence-electron chi connectivity index (χ2n) is 4.16. The van der Waals surface area contributed by atoms with Gasteiger partial charge in [0.15, 0.2) is 0 Å². The van der Waals surface area contributed by atoms with Crippen LogP contribution in [0.1, 0.15) is 16.9 Å². The Morgan fingerprint density at radius 3 is 2.86 bits per heavy atom. The molecule has 0 aromatic carbocycles. The first-order valence-corrected chi connectivity index (χ1v) is 6.80. The fourth-order valence-corrected chi connectivity index (χ4v) is 2.23. The van der Waals surface area contributed by atoms with Crippen LogP contribution in [0.5, 0.6) is 0 Å². The van der Waals surface area contributed by atoms with Gasteiger partial charge in [0.05, 0.1) is 19.2 Å². The third-order valence-electron chi connectivity index (χ3n) is 2.37. The van der Waals surface area contributed by atoms with Crippen LogP contribution in [-0.4, -0.2) is 34.1 Å². The Morgan fingerprint density at radius 2 is 2.23 bits per heavy atom. The molecule has 2 aromatic heterocycles. The Bertz CT molecular complexity index is 614. The SMILES string of the molecule is O=C(NCC(O)c1ccco1)Nc1nnc(CC(F)(F)F)s1. The summed E-state index contributed by atoms with van der Waals surface area (Å²) >= 11 is 0.625. The molecule has 0 spiro atoms. The van der Waals surface area contributed by atoms with Crippen LogP contribution in [0.2, 0.25) is 0 Å². The van der Waals surface area contributed by atoms with Crippen LogP contribution < -0.4 is 10.6 Å². The number of rotatable bonds is 5. The number of aromatic nitrogens is 2. The molecular formula is C11H11F3N4O3S. The van der Waals surface area contributed by atoms with E-state index in [0.29, 0.717) is 11.3 Å². The molecule has 7 nitrogen and oxygen atoms in total. The summed E-state index contributed by atoms with van der Waals surface area (Å²) in [5, 5.41) is 20.7. The van der Waals surface area contributed by atoms with Crippen molar-refractivity contribution in [3.8, 4) is 0 Å². The number of aliphatic hydroxyl groups excluding tert-OH is 1. The predicted molar refractivity (Wildman–Crippen MR) is 70.4 cm³/mol. The Balaban J connectivity index is 1.80. The minimum absolute atomic E-state index is 0.0655. The lowest BCUT2D eigenvalue weighted by molar-refractivity contribution is -0.127. The highest BCUT2D eigenvalue weighted by Crippen LogP contribution is 2.24. The van der Waals surface area contributed by atoms with E-state index in [0.717, 1.165) is 0 Å². The Hall–Kier alpha value is -2.14. The number of halogens is 3. The second-order valence-corrected chi connectivity index (χ2v) is 5.22. The lowest BCUT2D eigenvalue weighted by atomic mass is 10.3. The number of nitrogens with zero attached hydrogens (tertiary/aromatic N) is 2. The molecule has 0 radical (unpaired) electrons. The average molecular weight is 336 g/mol. The van der Waals surface area contributed by atoms with E-state index in [1.54, 1.807) is 12.1 Å². The van der Waals surface area contributed by atoms with Crippen molar-refractivity contribution in [3.63, 3.8) is 0 Å². The van der Waals surface area contributed by atoms with Crippen molar-refractivity contribution in [2.75, 3.05) is 11.9 Å². The zero-order chi connectivity index (χ0) is 16.2. The second kappa shape index (κ2) is 6.75. The minimum Gasteiger partial charge on any atom is -0.467 e. The van der Waals surface area contributed by atoms with E-state index in [9.17, 15) is 23.1 Å². The van der Waals surface area contributed by atoms with Gasteiger partial charge in [-0.3, -0.25) is 5.32 Å². The first-order chi connectivity index (χ1) is 10.3. The summed E-state index contributed by atoms with van der Waals surface area (Å²) in [4.78, 5) is 11.5. The number of furan rings is 1. The monoisotopic (exact) mass is 336 g/mol. The van der Waals surface area contributed by atoms with E-state index in [1.807, 2.05) is 0 Å². The van der Waals surface area contributed by atoms with Gasteiger partial charge in [-0.25, -0.2) is 4.79 Å². The molecule has 2 amide bonds. The molecule has 3 N–H and O–H groups in total. The van der Waals surface area contributed by atoms with Crippen LogP contribution in [-0.2, 0) is 6.42 Å². The molecule has 1 atom stereocenters. The van der Waals surface area contributed by atoms with Gasteiger partial charge in [-0.05, 0) is 12.1 Å². The fourth-order valence-electron chi connectivity index (χ4n) is 1.46. The van der Waals surface area contributed by atoms with Gasteiger partial charge in [0.1, 0.15) is 16.9 Å². The van der Waals surface area contributed by atoms with Gasteiger partial charge in [-0.1, -0.05) is 11.3 Å². The van der Waals surface area contributed by atoms with E-state index in [4.69, 9.17) is 4.42 Å². The number of carbonyl (C=O) groups excluding carboxylic acids is 1. The molecule has 2 heterocycles. The molecule has 0 aliphatic rings. The van der Waals surface area contributed by atoms with Gasteiger partial charge in [0, 0.05) is 0 Å². The number of amides is 2. The van der Waals surface area contributed by atoms with Gasteiger partial charge in [0.25, 0.3) is 0 Å². The van der Waals surface area contributed by atoms with Gasteiger partial charge in [0.2, 0.25) is 5.13 Å². The number of hydrogen-bond acceptors (Lipinski definition) is 6. The molecule has 22 heavy (non-hydrogen) atoms. The normalized spacial score (nSPS) is 12.9. The first-order valence-electron chi connectivity index (χ1n) is 5.99. The summed E-state index contributed by atoms with van der Waals surface area (Å²) in [6.07, 6.45) is -5.24. The number of hydrogen-bond donors (Lipinski definition) is 3. The highest BCUT2D eigenvalue weighted by Gasteiger charge is 2.30.